The van der Waals surface area contributed by atoms with Crippen molar-refractivity contribution in [3.05, 3.63) is 29.8 Å². The number of rotatable bonds is 5. The number of ether oxygens (including phenoxy) is 1. The molecule has 148 valence electrons. The first-order chi connectivity index (χ1) is 13.1. The molecular weight excluding hydrogens is 342 g/mol. The van der Waals surface area contributed by atoms with Crippen LogP contribution in [0.3, 0.4) is 0 Å². The minimum absolute atomic E-state index is 0.0270. The van der Waals surface area contributed by atoms with Gasteiger partial charge in [0.2, 0.25) is 5.91 Å². The molecule has 0 bridgehead atoms. The van der Waals surface area contributed by atoms with Crippen molar-refractivity contribution < 1.29 is 14.3 Å². The highest BCUT2D eigenvalue weighted by atomic mass is 16.5. The molecule has 1 aliphatic carbocycles. The SMILES string of the molecule is COc1cccc(C(=O)N2CCN(CC(=O)N(C)C3CCCCC3)CC2)c1. The molecule has 2 amide bonds. The van der Waals surface area contributed by atoms with Gasteiger partial charge in [-0.3, -0.25) is 14.5 Å². The van der Waals surface area contributed by atoms with Crippen molar-refractivity contribution in [3.8, 4) is 5.75 Å². The summed E-state index contributed by atoms with van der Waals surface area (Å²) in [6.07, 6.45) is 6.01. The molecule has 1 aromatic carbocycles. The van der Waals surface area contributed by atoms with E-state index in [1.54, 1.807) is 13.2 Å². The fraction of sp³-hybridized carbons (Fsp3) is 0.619. The number of piperazine rings is 1. The van der Waals surface area contributed by atoms with Crippen LogP contribution in [0.25, 0.3) is 0 Å². The highest BCUT2D eigenvalue weighted by molar-refractivity contribution is 5.94. The van der Waals surface area contributed by atoms with E-state index in [1.807, 2.05) is 35.0 Å². The molecule has 0 aromatic heterocycles. The molecule has 0 spiro atoms. The van der Waals surface area contributed by atoms with Crippen LogP contribution in [0.4, 0.5) is 0 Å². The van der Waals surface area contributed by atoms with Gasteiger partial charge >= 0.3 is 0 Å². The van der Waals surface area contributed by atoms with E-state index in [2.05, 4.69) is 4.90 Å². The number of carbonyl (C=O) groups excluding carboxylic acids is 2. The molecule has 1 aliphatic heterocycles. The molecule has 3 rings (SSSR count). The van der Waals surface area contributed by atoms with Gasteiger partial charge in [0, 0.05) is 44.8 Å². The second-order valence-electron chi connectivity index (χ2n) is 7.60. The third kappa shape index (κ3) is 5.01. The Kier molecular flexibility index (Phi) is 6.72. The lowest BCUT2D eigenvalue weighted by molar-refractivity contribution is -0.134. The maximum Gasteiger partial charge on any atom is 0.254 e. The Labute approximate surface area is 162 Å². The molecule has 1 aromatic rings. The molecule has 6 heteroatoms. The second-order valence-corrected chi connectivity index (χ2v) is 7.60. The first-order valence-electron chi connectivity index (χ1n) is 10.00. The van der Waals surface area contributed by atoms with Gasteiger partial charge in [0.15, 0.2) is 0 Å². The maximum absolute atomic E-state index is 12.7. The second kappa shape index (κ2) is 9.22. The minimum Gasteiger partial charge on any atom is -0.497 e. The average molecular weight is 373 g/mol. The number of amides is 2. The Hall–Kier alpha value is -2.08. The molecule has 1 saturated heterocycles. The van der Waals surface area contributed by atoms with Gasteiger partial charge in [-0.25, -0.2) is 0 Å². The zero-order valence-corrected chi connectivity index (χ0v) is 16.5. The van der Waals surface area contributed by atoms with E-state index in [9.17, 15) is 9.59 Å². The quantitative estimate of drug-likeness (QED) is 0.794. The van der Waals surface area contributed by atoms with Crippen LogP contribution in [0.5, 0.6) is 5.75 Å². The number of nitrogens with zero attached hydrogens (tertiary/aromatic N) is 3. The smallest absolute Gasteiger partial charge is 0.254 e. The highest BCUT2D eigenvalue weighted by Gasteiger charge is 2.27. The van der Waals surface area contributed by atoms with E-state index < -0.39 is 0 Å². The predicted molar refractivity (Wildman–Crippen MR) is 105 cm³/mol. The van der Waals surface area contributed by atoms with Gasteiger partial charge in [-0.15, -0.1) is 0 Å². The van der Waals surface area contributed by atoms with Crippen LogP contribution >= 0.6 is 0 Å². The third-order valence-corrected chi connectivity index (χ3v) is 5.85. The molecule has 0 radical (unpaired) electrons. The van der Waals surface area contributed by atoms with Gasteiger partial charge in [0.1, 0.15) is 5.75 Å². The standard InChI is InChI=1S/C21H31N3O3/c1-22(18-8-4-3-5-9-18)20(25)16-23-11-13-24(14-12-23)21(26)17-7-6-10-19(15-17)27-2/h6-7,10,15,18H,3-5,8-9,11-14,16H2,1-2H3. The Morgan fingerprint density at radius 3 is 2.48 bits per heavy atom. The lowest BCUT2D eigenvalue weighted by Gasteiger charge is -2.37. The molecular formula is C21H31N3O3. The van der Waals surface area contributed by atoms with Gasteiger partial charge in [0.25, 0.3) is 5.91 Å². The largest absolute Gasteiger partial charge is 0.497 e. The zero-order valence-electron chi connectivity index (χ0n) is 16.5. The maximum atomic E-state index is 12.7. The molecule has 0 unspecified atom stereocenters. The number of methoxy groups -OCH3 is 1. The van der Waals surface area contributed by atoms with Crippen LogP contribution in [0.15, 0.2) is 24.3 Å². The summed E-state index contributed by atoms with van der Waals surface area (Å²) in [5.74, 6) is 0.921. The molecule has 2 aliphatic rings. The van der Waals surface area contributed by atoms with E-state index in [0.717, 1.165) is 25.9 Å². The van der Waals surface area contributed by atoms with Crippen LogP contribution in [0.2, 0.25) is 0 Å². The summed E-state index contributed by atoms with van der Waals surface area (Å²) in [5, 5.41) is 0. The van der Waals surface area contributed by atoms with E-state index in [-0.39, 0.29) is 11.8 Å². The fourth-order valence-corrected chi connectivity index (χ4v) is 4.02. The first-order valence-corrected chi connectivity index (χ1v) is 10.00. The molecule has 2 fully saturated rings. The monoisotopic (exact) mass is 373 g/mol. The Balaban J connectivity index is 1.48. The number of likely N-dealkylation sites (N-methyl/N-ethyl adjacent to an activating group) is 1. The topological polar surface area (TPSA) is 53.1 Å². The van der Waals surface area contributed by atoms with Crippen molar-refractivity contribution in [2.75, 3.05) is 46.9 Å². The van der Waals surface area contributed by atoms with E-state index in [0.29, 0.717) is 37.0 Å². The van der Waals surface area contributed by atoms with Gasteiger partial charge < -0.3 is 14.5 Å². The number of carbonyl (C=O) groups is 2. The molecule has 1 heterocycles. The normalized spacial score (nSPS) is 19.0. The molecule has 6 nitrogen and oxygen atoms in total. The Morgan fingerprint density at radius 2 is 1.81 bits per heavy atom. The van der Waals surface area contributed by atoms with E-state index >= 15 is 0 Å². The van der Waals surface area contributed by atoms with Gasteiger partial charge in [-0.2, -0.15) is 0 Å². The summed E-state index contributed by atoms with van der Waals surface area (Å²) in [6.45, 7) is 3.22. The minimum atomic E-state index is 0.0270. The van der Waals surface area contributed by atoms with Crippen molar-refractivity contribution in [1.82, 2.24) is 14.7 Å². The summed E-state index contributed by atoms with van der Waals surface area (Å²) in [5.41, 5.74) is 0.649. The van der Waals surface area contributed by atoms with Crippen LogP contribution in [0.1, 0.15) is 42.5 Å². The molecule has 0 N–H and O–H groups in total. The number of benzene rings is 1. The fourth-order valence-electron chi connectivity index (χ4n) is 4.02. The summed E-state index contributed by atoms with van der Waals surface area (Å²) < 4.78 is 5.20. The molecule has 1 saturated carbocycles. The average Bonchev–Trinajstić information content (AvgIpc) is 2.74. The van der Waals surface area contributed by atoms with Gasteiger partial charge in [-0.1, -0.05) is 25.3 Å². The predicted octanol–water partition coefficient (Wildman–Crippen LogP) is 2.24. The van der Waals surface area contributed by atoms with Crippen molar-refractivity contribution in [2.45, 2.75) is 38.1 Å². The zero-order chi connectivity index (χ0) is 19.2. The third-order valence-electron chi connectivity index (χ3n) is 5.85. The summed E-state index contributed by atoms with van der Waals surface area (Å²) >= 11 is 0. The summed E-state index contributed by atoms with van der Waals surface area (Å²) in [7, 11) is 3.55. The van der Waals surface area contributed by atoms with Gasteiger partial charge in [0.05, 0.1) is 13.7 Å². The van der Waals surface area contributed by atoms with Gasteiger partial charge in [-0.05, 0) is 31.0 Å². The summed E-state index contributed by atoms with van der Waals surface area (Å²) in [4.78, 5) is 31.3. The van der Waals surface area contributed by atoms with Crippen LogP contribution in [-0.2, 0) is 4.79 Å². The molecule has 27 heavy (non-hydrogen) atoms. The highest BCUT2D eigenvalue weighted by Crippen LogP contribution is 2.22. The molecule has 0 atom stereocenters. The van der Waals surface area contributed by atoms with Crippen molar-refractivity contribution >= 4 is 11.8 Å². The Morgan fingerprint density at radius 1 is 1.11 bits per heavy atom. The van der Waals surface area contributed by atoms with Crippen LogP contribution in [-0.4, -0.2) is 79.4 Å². The van der Waals surface area contributed by atoms with Crippen molar-refractivity contribution in [1.29, 1.82) is 0 Å². The van der Waals surface area contributed by atoms with Crippen molar-refractivity contribution in [3.63, 3.8) is 0 Å². The van der Waals surface area contributed by atoms with E-state index in [4.69, 9.17) is 4.74 Å². The lowest BCUT2D eigenvalue weighted by atomic mass is 9.94. The van der Waals surface area contributed by atoms with Crippen molar-refractivity contribution in [2.24, 2.45) is 0 Å². The van der Waals surface area contributed by atoms with Crippen LogP contribution in [0, 0.1) is 0 Å². The van der Waals surface area contributed by atoms with E-state index in [1.165, 1.54) is 19.3 Å². The first kappa shape index (κ1) is 19.7. The summed E-state index contributed by atoms with van der Waals surface area (Å²) in [6, 6.07) is 7.67. The van der Waals surface area contributed by atoms with Crippen LogP contribution < -0.4 is 4.74 Å². The number of hydrogen-bond donors (Lipinski definition) is 0. The number of hydrogen-bond acceptors (Lipinski definition) is 4. The lowest BCUT2D eigenvalue weighted by Crippen LogP contribution is -2.52. The Bertz CT molecular complexity index is 650.